The molecule has 1 atom stereocenters. The van der Waals surface area contributed by atoms with Gasteiger partial charge in [-0.3, -0.25) is 4.79 Å². The highest BCUT2D eigenvalue weighted by Crippen LogP contribution is 2.14. The highest BCUT2D eigenvalue weighted by molar-refractivity contribution is 5.78. The zero-order valence-electron chi connectivity index (χ0n) is 15.1. The second-order valence-electron chi connectivity index (χ2n) is 5.21. The summed E-state index contributed by atoms with van der Waals surface area (Å²) in [6.07, 6.45) is 6.18. The molecule has 0 N–H and O–H groups in total. The van der Waals surface area contributed by atoms with E-state index in [-0.39, 0.29) is 11.7 Å². The summed E-state index contributed by atoms with van der Waals surface area (Å²) in [5.41, 5.74) is 2.41. The molecule has 2 rings (SSSR count). The van der Waals surface area contributed by atoms with Crippen molar-refractivity contribution in [3.05, 3.63) is 59.9 Å². The van der Waals surface area contributed by atoms with E-state index < -0.39 is 0 Å². The van der Waals surface area contributed by atoms with Gasteiger partial charge in [0.25, 0.3) is 0 Å². The lowest BCUT2D eigenvalue weighted by Gasteiger charge is -2.11. The smallest absolute Gasteiger partial charge is 0.133 e. The van der Waals surface area contributed by atoms with E-state index in [9.17, 15) is 4.79 Å². The third-order valence-electron chi connectivity index (χ3n) is 3.28. The molecule has 2 aromatic rings. The van der Waals surface area contributed by atoms with Gasteiger partial charge in [-0.15, -0.1) is 0 Å². The first-order valence-corrected chi connectivity index (χ1v) is 8.41. The minimum absolute atomic E-state index is 0.143. The summed E-state index contributed by atoms with van der Waals surface area (Å²) >= 11 is 0. The van der Waals surface area contributed by atoms with Gasteiger partial charge in [-0.1, -0.05) is 63.1 Å². The number of benzene rings is 1. The molecule has 1 aromatic carbocycles. The van der Waals surface area contributed by atoms with Gasteiger partial charge in [-0.2, -0.15) is 10.2 Å². The number of ketones is 1. The molecule has 0 fully saturated rings. The molecule has 0 spiro atoms. The molecule has 0 amide bonds. The van der Waals surface area contributed by atoms with Crippen LogP contribution in [-0.2, 0) is 11.2 Å². The second-order valence-corrected chi connectivity index (χ2v) is 5.21. The number of rotatable bonds is 5. The van der Waals surface area contributed by atoms with Crippen molar-refractivity contribution in [2.24, 2.45) is 5.92 Å². The van der Waals surface area contributed by atoms with Gasteiger partial charge < -0.3 is 0 Å². The van der Waals surface area contributed by atoms with Crippen LogP contribution in [0.15, 0.2) is 48.8 Å². The van der Waals surface area contributed by atoms with Gasteiger partial charge in [0.05, 0.1) is 6.20 Å². The first-order chi connectivity index (χ1) is 11.1. The van der Waals surface area contributed by atoms with E-state index in [0.717, 1.165) is 24.8 Å². The van der Waals surface area contributed by atoms with E-state index in [1.54, 1.807) is 19.3 Å². The second kappa shape index (κ2) is 13.6. The standard InChI is InChI=1S/C11H16N2O.C7H8.C2H6/c1-3-4-11(9(2)14)7-10-5-6-12-13-8-10;1-7-5-3-2-4-6-7;1-2/h5-6,8,11H,3-4,7H2,1-2H3;2-6H,1H3;1-2H3. The number of hydrogen-bond donors (Lipinski definition) is 0. The minimum atomic E-state index is 0.143. The molecular weight excluding hydrogens is 284 g/mol. The van der Waals surface area contributed by atoms with Crippen LogP contribution >= 0.6 is 0 Å². The first-order valence-electron chi connectivity index (χ1n) is 8.41. The molecule has 3 nitrogen and oxygen atoms in total. The number of carbonyl (C=O) groups is 1. The first kappa shape index (κ1) is 21.0. The van der Waals surface area contributed by atoms with Crippen LogP contribution in [0.1, 0.15) is 51.7 Å². The Balaban J connectivity index is 0.000000449. The van der Waals surface area contributed by atoms with Gasteiger partial charge in [-0.25, -0.2) is 0 Å². The average molecular weight is 314 g/mol. The Morgan fingerprint density at radius 1 is 1.09 bits per heavy atom. The van der Waals surface area contributed by atoms with Crippen molar-refractivity contribution in [1.82, 2.24) is 10.2 Å². The Morgan fingerprint density at radius 2 is 1.74 bits per heavy atom. The lowest BCUT2D eigenvalue weighted by atomic mass is 9.93. The fourth-order valence-electron chi connectivity index (χ4n) is 2.06. The maximum Gasteiger partial charge on any atom is 0.133 e. The molecule has 0 saturated heterocycles. The van der Waals surface area contributed by atoms with E-state index in [4.69, 9.17) is 0 Å². The summed E-state index contributed by atoms with van der Waals surface area (Å²) in [4.78, 5) is 11.3. The molecule has 1 heterocycles. The summed E-state index contributed by atoms with van der Waals surface area (Å²) in [6, 6.07) is 12.2. The molecule has 0 aliphatic rings. The Hall–Kier alpha value is -2.03. The van der Waals surface area contributed by atoms with Crippen LogP contribution in [-0.4, -0.2) is 16.0 Å². The fourth-order valence-corrected chi connectivity index (χ4v) is 2.06. The normalized spacial score (nSPS) is 10.5. The predicted molar refractivity (Wildman–Crippen MR) is 97.3 cm³/mol. The molecule has 3 heteroatoms. The Kier molecular flexibility index (Phi) is 12.4. The van der Waals surface area contributed by atoms with Gasteiger partial charge in [0.15, 0.2) is 0 Å². The summed E-state index contributed by atoms with van der Waals surface area (Å²) in [5, 5.41) is 7.50. The van der Waals surface area contributed by atoms with Gasteiger partial charge in [0, 0.05) is 12.1 Å². The zero-order valence-corrected chi connectivity index (χ0v) is 15.1. The van der Waals surface area contributed by atoms with Crippen molar-refractivity contribution in [1.29, 1.82) is 0 Å². The Bertz CT molecular complexity index is 512. The number of hydrogen-bond acceptors (Lipinski definition) is 3. The molecule has 23 heavy (non-hydrogen) atoms. The monoisotopic (exact) mass is 314 g/mol. The van der Waals surface area contributed by atoms with Crippen LogP contribution in [0.5, 0.6) is 0 Å². The number of nitrogens with zero attached hydrogens (tertiary/aromatic N) is 2. The van der Waals surface area contributed by atoms with Crippen LogP contribution in [0.3, 0.4) is 0 Å². The van der Waals surface area contributed by atoms with E-state index in [2.05, 4.69) is 36.2 Å². The Morgan fingerprint density at radius 3 is 2.13 bits per heavy atom. The molecule has 0 bridgehead atoms. The van der Waals surface area contributed by atoms with Crippen LogP contribution in [0.2, 0.25) is 0 Å². The van der Waals surface area contributed by atoms with Gasteiger partial charge >= 0.3 is 0 Å². The van der Waals surface area contributed by atoms with Crippen LogP contribution in [0, 0.1) is 12.8 Å². The Labute approximate surface area is 141 Å². The van der Waals surface area contributed by atoms with Crippen molar-refractivity contribution in [3.8, 4) is 0 Å². The molecule has 0 aliphatic heterocycles. The number of carbonyl (C=O) groups excluding carboxylic acids is 1. The summed E-state index contributed by atoms with van der Waals surface area (Å²) in [5.74, 6) is 0.410. The quantitative estimate of drug-likeness (QED) is 0.776. The lowest BCUT2D eigenvalue weighted by molar-refractivity contribution is -0.120. The SMILES string of the molecule is CC.CCCC(Cc1ccnnc1)C(C)=O.Cc1ccccc1. The van der Waals surface area contributed by atoms with Crippen molar-refractivity contribution in [2.45, 2.75) is 53.9 Å². The molecule has 126 valence electrons. The molecule has 0 saturated carbocycles. The van der Waals surface area contributed by atoms with Gasteiger partial charge in [0.1, 0.15) is 5.78 Å². The zero-order chi connectivity index (χ0) is 17.5. The fraction of sp³-hybridized carbons (Fsp3) is 0.450. The van der Waals surface area contributed by atoms with Crippen LogP contribution in [0.4, 0.5) is 0 Å². The summed E-state index contributed by atoms with van der Waals surface area (Å²) in [6.45, 7) is 9.84. The highest BCUT2D eigenvalue weighted by Gasteiger charge is 2.13. The van der Waals surface area contributed by atoms with E-state index >= 15 is 0 Å². The average Bonchev–Trinajstić information content (AvgIpc) is 2.58. The molecule has 1 unspecified atom stereocenters. The van der Waals surface area contributed by atoms with Crippen LogP contribution in [0.25, 0.3) is 0 Å². The van der Waals surface area contributed by atoms with Crippen LogP contribution < -0.4 is 0 Å². The molecule has 0 aliphatic carbocycles. The van der Waals surface area contributed by atoms with E-state index in [0.29, 0.717) is 0 Å². The molecular formula is C20H30N2O. The maximum absolute atomic E-state index is 11.3. The number of Topliss-reactive ketones (excluding diaryl/α,β-unsaturated/α-hetero) is 1. The van der Waals surface area contributed by atoms with E-state index in [1.165, 1.54) is 5.56 Å². The number of aryl methyl sites for hydroxylation is 1. The van der Waals surface area contributed by atoms with Gasteiger partial charge in [-0.05, 0) is 38.3 Å². The minimum Gasteiger partial charge on any atom is -0.300 e. The van der Waals surface area contributed by atoms with Crippen molar-refractivity contribution >= 4 is 5.78 Å². The van der Waals surface area contributed by atoms with Crippen molar-refractivity contribution in [2.75, 3.05) is 0 Å². The van der Waals surface area contributed by atoms with E-state index in [1.807, 2.05) is 38.1 Å². The molecule has 1 aromatic heterocycles. The summed E-state index contributed by atoms with van der Waals surface area (Å²) < 4.78 is 0. The summed E-state index contributed by atoms with van der Waals surface area (Å²) in [7, 11) is 0. The number of aromatic nitrogens is 2. The third-order valence-corrected chi connectivity index (χ3v) is 3.28. The molecule has 0 radical (unpaired) electrons. The highest BCUT2D eigenvalue weighted by atomic mass is 16.1. The van der Waals surface area contributed by atoms with Crippen molar-refractivity contribution in [3.63, 3.8) is 0 Å². The van der Waals surface area contributed by atoms with Gasteiger partial charge in [0.2, 0.25) is 0 Å². The van der Waals surface area contributed by atoms with Crippen molar-refractivity contribution < 1.29 is 4.79 Å². The topological polar surface area (TPSA) is 42.9 Å². The predicted octanol–water partition coefficient (Wildman–Crippen LogP) is 5.05. The largest absolute Gasteiger partial charge is 0.300 e. The maximum atomic E-state index is 11.3. The lowest BCUT2D eigenvalue weighted by Crippen LogP contribution is -2.13. The third kappa shape index (κ3) is 10.3.